The van der Waals surface area contributed by atoms with Crippen molar-refractivity contribution in [3.8, 4) is 5.75 Å². The first-order valence-corrected chi connectivity index (χ1v) is 8.93. The molecule has 3 rings (SSSR count). The molecule has 3 N–H and O–H groups in total. The van der Waals surface area contributed by atoms with E-state index in [0.717, 1.165) is 11.1 Å². The van der Waals surface area contributed by atoms with Crippen LogP contribution in [0, 0.1) is 0 Å². The van der Waals surface area contributed by atoms with Crippen molar-refractivity contribution in [3.05, 3.63) is 87.5 Å². The molecular weight excluding hydrogens is 385 g/mol. The number of aromatic nitrogens is 1. The first-order chi connectivity index (χ1) is 13.0. The summed E-state index contributed by atoms with van der Waals surface area (Å²) >= 11 is 12.1. The van der Waals surface area contributed by atoms with Gasteiger partial charge in [-0.2, -0.15) is 0 Å². The van der Waals surface area contributed by atoms with Gasteiger partial charge >= 0.3 is 0 Å². The molecule has 0 bridgehead atoms. The summed E-state index contributed by atoms with van der Waals surface area (Å²) in [6.45, 7) is 0.666. The van der Waals surface area contributed by atoms with Crippen LogP contribution in [0.5, 0.6) is 5.75 Å². The number of ether oxygens (including phenoxy) is 1. The smallest absolute Gasteiger partial charge is 0.256 e. The molecule has 138 valence electrons. The van der Waals surface area contributed by atoms with Gasteiger partial charge in [0.15, 0.2) is 0 Å². The number of hydrogen-bond acceptors (Lipinski definition) is 4. The second-order valence-electron chi connectivity index (χ2n) is 5.76. The molecule has 3 aromatic rings. The zero-order chi connectivity index (χ0) is 19.2. The van der Waals surface area contributed by atoms with Gasteiger partial charge in [0.1, 0.15) is 23.7 Å². The maximum Gasteiger partial charge on any atom is 0.256 e. The fourth-order valence-electron chi connectivity index (χ4n) is 2.52. The highest BCUT2D eigenvalue weighted by molar-refractivity contribution is 6.35. The second-order valence-corrected chi connectivity index (χ2v) is 6.60. The fraction of sp³-hybridized carbons (Fsp3) is 0.100. The van der Waals surface area contributed by atoms with Crippen LogP contribution in [0.15, 0.2) is 60.8 Å². The third-order valence-electron chi connectivity index (χ3n) is 3.86. The summed E-state index contributed by atoms with van der Waals surface area (Å²) in [6.07, 6.45) is 1.55. The van der Waals surface area contributed by atoms with Gasteiger partial charge in [-0.3, -0.25) is 4.79 Å². The Labute approximate surface area is 167 Å². The van der Waals surface area contributed by atoms with Crippen LogP contribution in [0.1, 0.15) is 21.5 Å². The van der Waals surface area contributed by atoms with Gasteiger partial charge < -0.3 is 15.8 Å². The van der Waals surface area contributed by atoms with Crippen LogP contribution in [-0.2, 0) is 13.2 Å². The molecule has 0 spiro atoms. The van der Waals surface area contributed by atoms with Crippen LogP contribution in [0.3, 0.4) is 0 Å². The number of benzene rings is 2. The van der Waals surface area contributed by atoms with Crippen molar-refractivity contribution in [2.45, 2.75) is 13.2 Å². The van der Waals surface area contributed by atoms with Crippen LogP contribution in [0.2, 0.25) is 10.0 Å². The monoisotopic (exact) mass is 401 g/mol. The van der Waals surface area contributed by atoms with E-state index in [9.17, 15) is 4.79 Å². The van der Waals surface area contributed by atoms with Crippen molar-refractivity contribution in [3.63, 3.8) is 0 Å². The minimum Gasteiger partial charge on any atom is -0.488 e. The molecule has 1 amide bonds. The molecule has 0 aliphatic carbocycles. The highest BCUT2D eigenvalue weighted by Gasteiger charge is 2.17. The quantitative estimate of drug-likeness (QED) is 0.602. The zero-order valence-electron chi connectivity index (χ0n) is 14.3. The SMILES string of the molecule is NC(=O)c1c(OCc2ccccc2)ccnc1NCc1ccc(Cl)cc1Cl. The molecule has 0 radical (unpaired) electrons. The first kappa shape index (κ1) is 19.0. The molecule has 7 heteroatoms. The molecule has 0 aliphatic heterocycles. The molecule has 0 unspecified atom stereocenters. The maximum atomic E-state index is 12.0. The standard InChI is InChI=1S/C20H17Cl2N3O2/c21-15-7-6-14(16(22)10-15)11-25-20-18(19(23)26)17(8-9-24-20)27-12-13-4-2-1-3-5-13/h1-10H,11-12H2,(H2,23,26)(H,24,25). The molecule has 0 saturated heterocycles. The molecular formula is C20H17Cl2N3O2. The number of carbonyl (C=O) groups excluding carboxylic acids is 1. The third kappa shape index (κ3) is 4.90. The van der Waals surface area contributed by atoms with Gasteiger partial charge in [-0.15, -0.1) is 0 Å². The maximum absolute atomic E-state index is 12.0. The van der Waals surface area contributed by atoms with Gasteiger partial charge in [-0.25, -0.2) is 4.98 Å². The van der Waals surface area contributed by atoms with Gasteiger partial charge in [0, 0.05) is 22.8 Å². The molecule has 1 heterocycles. The number of halogens is 2. The molecule has 0 fully saturated rings. The minimum atomic E-state index is -0.629. The van der Waals surface area contributed by atoms with E-state index >= 15 is 0 Å². The number of anilines is 1. The third-order valence-corrected chi connectivity index (χ3v) is 4.44. The molecule has 2 aromatic carbocycles. The van der Waals surface area contributed by atoms with E-state index in [4.69, 9.17) is 33.7 Å². The number of hydrogen-bond donors (Lipinski definition) is 2. The number of rotatable bonds is 7. The van der Waals surface area contributed by atoms with E-state index < -0.39 is 5.91 Å². The number of nitrogens with zero attached hydrogens (tertiary/aromatic N) is 1. The Balaban J connectivity index is 1.79. The first-order valence-electron chi connectivity index (χ1n) is 8.18. The lowest BCUT2D eigenvalue weighted by Gasteiger charge is -2.14. The lowest BCUT2D eigenvalue weighted by molar-refractivity contribution is 0.0996. The molecule has 0 saturated carbocycles. The Morgan fingerprint density at radius 1 is 1.11 bits per heavy atom. The van der Waals surface area contributed by atoms with Crippen molar-refractivity contribution >= 4 is 34.9 Å². The Hall–Kier alpha value is -2.76. The van der Waals surface area contributed by atoms with Gasteiger partial charge in [0.05, 0.1) is 0 Å². The van der Waals surface area contributed by atoms with E-state index in [0.29, 0.717) is 34.8 Å². The van der Waals surface area contributed by atoms with Crippen LogP contribution < -0.4 is 15.8 Å². The van der Waals surface area contributed by atoms with Crippen molar-refractivity contribution in [2.24, 2.45) is 5.73 Å². The molecule has 1 aromatic heterocycles. The van der Waals surface area contributed by atoms with Crippen LogP contribution in [-0.4, -0.2) is 10.9 Å². The lowest BCUT2D eigenvalue weighted by Crippen LogP contribution is -2.17. The minimum absolute atomic E-state index is 0.193. The molecule has 0 atom stereocenters. The average molecular weight is 402 g/mol. The lowest BCUT2D eigenvalue weighted by atomic mass is 10.2. The number of nitrogens with two attached hydrogens (primary N) is 1. The zero-order valence-corrected chi connectivity index (χ0v) is 15.8. The van der Waals surface area contributed by atoms with Gasteiger partial charge in [-0.1, -0.05) is 59.6 Å². The van der Waals surface area contributed by atoms with Gasteiger partial charge in [-0.05, 0) is 29.3 Å². The van der Waals surface area contributed by atoms with Gasteiger partial charge in [0.2, 0.25) is 0 Å². The highest BCUT2D eigenvalue weighted by atomic mass is 35.5. The summed E-state index contributed by atoms with van der Waals surface area (Å²) < 4.78 is 5.79. The molecule has 5 nitrogen and oxygen atoms in total. The van der Waals surface area contributed by atoms with Crippen molar-refractivity contribution in [1.29, 1.82) is 0 Å². The van der Waals surface area contributed by atoms with E-state index in [2.05, 4.69) is 10.3 Å². The topological polar surface area (TPSA) is 77.2 Å². The average Bonchev–Trinajstić information content (AvgIpc) is 2.66. The number of primary amides is 1. The number of pyridine rings is 1. The van der Waals surface area contributed by atoms with E-state index in [-0.39, 0.29) is 5.56 Å². The number of nitrogens with one attached hydrogen (secondary N) is 1. The summed E-state index contributed by atoms with van der Waals surface area (Å²) in [5, 5.41) is 4.16. The summed E-state index contributed by atoms with van der Waals surface area (Å²) in [5.41, 5.74) is 7.55. The normalized spacial score (nSPS) is 10.4. The Morgan fingerprint density at radius 2 is 1.89 bits per heavy atom. The van der Waals surface area contributed by atoms with E-state index in [1.807, 2.05) is 30.3 Å². The largest absolute Gasteiger partial charge is 0.488 e. The fourth-order valence-corrected chi connectivity index (χ4v) is 2.99. The van der Waals surface area contributed by atoms with Crippen LogP contribution in [0.4, 0.5) is 5.82 Å². The van der Waals surface area contributed by atoms with Gasteiger partial charge in [0.25, 0.3) is 5.91 Å². The molecule has 27 heavy (non-hydrogen) atoms. The Bertz CT molecular complexity index is 949. The number of amides is 1. The van der Waals surface area contributed by atoms with Crippen molar-refractivity contribution in [2.75, 3.05) is 5.32 Å². The van der Waals surface area contributed by atoms with Crippen molar-refractivity contribution in [1.82, 2.24) is 4.98 Å². The highest BCUT2D eigenvalue weighted by Crippen LogP contribution is 2.27. The summed E-state index contributed by atoms with van der Waals surface area (Å²) in [5.74, 6) is 0.0704. The second kappa shape index (κ2) is 8.75. The van der Waals surface area contributed by atoms with Crippen molar-refractivity contribution < 1.29 is 9.53 Å². The van der Waals surface area contributed by atoms with Crippen LogP contribution in [0.25, 0.3) is 0 Å². The Morgan fingerprint density at radius 3 is 2.59 bits per heavy atom. The predicted octanol–water partition coefficient (Wildman–Crippen LogP) is 4.68. The van der Waals surface area contributed by atoms with Crippen LogP contribution >= 0.6 is 23.2 Å². The summed E-state index contributed by atoms with van der Waals surface area (Å²) in [6, 6.07) is 16.5. The summed E-state index contributed by atoms with van der Waals surface area (Å²) in [7, 11) is 0. The predicted molar refractivity (Wildman–Crippen MR) is 107 cm³/mol. The summed E-state index contributed by atoms with van der Waals surface area (Å²) in [4.78, 5) is 16.2. The van der Waals surface area contributed by atoms with E-state index in [1.54, 1.807) is 30.5 Å². The number of carbonyl (C=O) groups is 1. The Kier molecular flexibility index (Phi) is 6.16. The van der Waals surface area contributed by atoms with E-state index in [1.165, 1.54) is 0 Å². The molecule has 0 aliphatic rings.